The minimum atomic E-state index is -4.79. The van der Waals surface area contributed by atoms with Crippen LogP contribution in [0, 0.1) is 0 Å². The number of nitrogens with one attached hydrogen (secondary N) is 3. The van der Waals surface area contributed by atoms with Gasteiger partial charge in [0, 0.05) is 12.3 Å². The van der Waals surface area contributed by atoms with Crippen LogP contribution in [0.5, 0.6) is 0 Å². The summed E-state index contributed by atoms with van der Waals surface area (Å²) in [4.78, 5) is 57.3. The number of aromatic amines is 1. The summed E-state index contributed by atoms with van der Waals surface area (Å²) in [6.07, 6.45) is -5.70. The van der Waals surface area contributed by atoms with Crippen LogP contribution in [-0.4, -0.2) is 79.6 Å². The number of H-pyrrole nitrogens is 1. The fraction of sp³-hybridized carbons (Fsp3) is 0.571. The molecule has 0 spiro atoms. The molecule has 0 bridgehead atoms. The Kier molecular flexibility index (Phi) is 7.65. The molecule has 168 valence electrons. The SMILES string of the molecule is CN[C@@H](CC(=O)O)C(=O)NP(=O)(O)OC[C@H]1O[C@@H](n2ccc(=O)[nH]c2=O)[C@H](O)[C@@H]1O. The monoisotopic (exact) mass is 452 g/mol. The van der Waals surface area contributed by atoms with Crippen LogP contribution < -0.4 is 21.7 Å². The van der Waals surface area contributed by atoms with E-state index in [2.05, 4.69) is 5.32 Å². The molecule has 1 aromatic rings. The summed E-state index contributed by atoms with van der Waals surface area (Å²) >= 11 is 0. The van der Waals surface area contributed by atoms with Gasteiger partial charge in [-0.1, -0.05) is 0 Å². The van der Waals surface area contributed by atoms with Gasteiger partial charge in [-0.25, -0.2) is 9.36 Å². The number of likely N-dealkylation sites (N-methyl/N-ethyl adjacent to an activating group) is 1. The van der Waals surface area contributed by atoms with Gasteiger partial charge in [0.15, 0.2) is 6.23 Å². The number of aliphatic carboxylic acids is 1. The number of rotatable bonds is 9. The molecule has 1 saturated heterocycles. The highest BCUT2D eigenvalue weighted by Crippen LogP contribution is 2.39. The summed E-state index contributed by atoms with van der Waals surface area (Å²) in [5, 5.41) is 32.9. The normalized spacial score (nSPS) is 26.7. The van der Waals surface area contributed by atoms with Crippen LogP contribution in [0.1, 0.15) is 12.6 Å². The zero-order valence-electron chi connectivity index (χ0n) is 15.5. The Balaban J connectivity index is 2.01. The molecule has 1 amide bonds. The van der Waals surface area contributed by atoms with E-state index in [0.717, 1.165) is 16.8 Å². The number of carboxylic acids is 1. The number of carbonyl (C=O) groups excluding carboxylic acids is 1. The lowest BCUT2D eigenvalue weighted by Crippen LogP contribution is -2.43. The molecular formula is C14H21N4O11P. The van der Waals surface area contributed by atoms with Crippen molar-refractivity contribution in [2.75, 3.05) is 13.7 Å². The molecule has 16 heteroatoms. The molecule has 1 unspecified atom stereocenters. The van der Waals surface area contributed by atoms with Gasteiger partial charge in [0.05, 0.1) is 19.1 Å². The van der Waals surface area contributed by atoms with Gasteiger partial charge in [-0.2, -0.15) is 0 Å². The van der Waals surface area contributed by atoms with Crippen molar-refractivity contribution in [1.82, 2.24) is 20.0 Å². The second kappa shape index (κ2) is 9.61. The zero-order valence-corrected chi connectivity index (χ0v) is 16.4. The molecule has 0 aliphatic carbocycles. The Morgan fingerprint density at radius 2 is 2.03 bits per heavy atom. The third-order valence-electron chi connectivity index (χ3n) is 4.17. The first-order valence-corrected chi connectivity index (χ1v) is 10.0. The van der Waals surface area contributed by atoms with Crippen molar-refractivity contribution in [3.8, 4) is 0 Å². The highest BCUT2D eigenvalue weighted by atomic mass is 31.2. The van der Waals surface area contributed by atoms with Crippen molar-refractivity contribution in [2.45, 2.75) is 37.0 Å². The number of aromatic nitrogens is 2. The fourth-order valence-corrected chi connectivity index (χ4v) is 3.50. The Hall–Kier alpha value is -2.39. The molecule has 30 heavy (non-hydrogen) atoms. The van der Waals surface area contributed by atoms with Crippen LogP contribution in [0.4, 0.5) is 0 Å². The number of nitrogens with zero attached hydrogens (tertiary/aromatic N) is 1. The molecule has 0 saturated carbocycles. The average molecular weight is 452 g/mol. The molecule has 1 fully saturated rings. The van der Waals surface area contributed by atoms with Gasteiger partial charge in [-0.05, 0) is 7.05 Å². The van der Waals surface area contributed by atoms with Crippen molar-refractivity contribution in [3.05, 3.63) is 33.1 Å². The lowest BCUT2D eigenvalue weighted by atomic mass is 10.1. The van der Waals surface area contributed by atoms with Crippen LogP contribution in [0.15, 0.2) is 21.9 Å². The van der Waals surface area contributed by atoms with Crippen molar-refractivity contribution in [1.29, 1.82) is 0 Å². The number of hydrogen-bond donors (Lipinski definition) is 7. The highest BCUT2D eigenvalue weighted by molar-refractivity contribution is 7.51. The molecule has 2 heterocycles. The third kappa shape index (κ3) is 5.82. The molecule has 15 nitrogen and oxygen atoms in total. The van der Waals surface area contributed by atoms with Crippen molar-refractivity contribution in [3.63, 3.8) is 0 Å². The summed E-state index contributed by atoms with van der Waals surface area (Å²) in [5.74, 6) is -2.44. The minimum absolute atomic E-state index is 0.658. The maximum Gasteiger partial charge on any atom is 0.432 e. The van der Waals surface area contributed by atoms with E-state index in [9.17, 15) is 38.8 Å². The van der Waals surface area contributed by atoms with E-state index in [1.807, 2.05) is 4.98 Å². The molecule has 1 aromatic heterocycles. The lowest BCUT2D eigenvalue weighted by molar-refractivity contribution is -0.139. The number of carboxylic acid groups (broad SMARTS) is 1. The van der Waals surface area contributed by atoms with Crippen LogP contribution in [0.2, 0.25) is 0 Å². The van der Waals surface area contributed by atoms with Crippen molar-refractivity contribution in [2.24, 2.45) is 0 Å². The van der Waals surface area contributed by atoms with E-state index >= 15 is 0 Å². The molecule has 7 N–H and O–H groups in total. The number of aliphatic hydroxyl groups is 2. The van der Waals surface area contributed by atoms with Crippen LogP contribution in [-0.2, 0) is 23.4 Å². The summed E-state index contributed by atoms with van der Waals surface area (Å²) in [6, 6.07) is -0.321. The molecular weight excluding hydrogens is 431 g/mol. The molecule has 6 atom stereocenters. The van der Waals surface area contributed by atoms with Gasteiger partial charge < -0.3 is 30.3 Å². The van der Waals surface area contributed by atoms with E-state index in [1.54, 1.807) is 5.09 Å². The summed E-state index contributed by atoms with van der Waals surface area (Å²) in [6.45, 7) is -0.774. The first-order chi connectivity index (χ1) is 13.9. The maximum atomic E-state index is 12.1. The van der Waals surface area contributed by atoms with E-state index in [4.69, 9.17) is 14.4 Å². The Morgan fingerprint density at radius 3 is 2.60 bits per heavy atom. The summed E-state index contributed by atoms with van der Waals surface area (Å²) < 4.78 is 22.8. The van der Waals surface area contributed by atoms with Crippen LogP contribution in [0.25, 0.3) is 0 Å². The number of hydrogen-bond acceptors (Lipinski definition) is 10. The number of aliphatic hydroxyl groups excluding tert-OH is 2. The molecule has 0 aromatic carbocycles. The van der Waals surface area contributed by atoms with E-state index in [0.29, 0.717) is 0 Å². The number of carbonyl (C=O) groups is 2. The summed E-state index contributed by atoms with van der Waals surface area (Å²) in [7, 11) is -3.51. The molecule has 1 aliphatic heterocycles. The molecule has 0 radical (unpaired) electrons. The second-order valence-electron chi connectivity index (χ2n) is 6.30. The largest absolute Gasteiger partial charge is 0.481 e. The van der Waals surface area contributed by atoms with Crippen LogP contribution in [0.3, 0.4) is 0 Å². The van der Waals surface area contributed by atoms with Gasteiger partial charge in [-0.15, -0.1) is 0 Å². The number of ether oxygens (including phenoxy) is 1. The predicted molar refractivity (Wildman–Crippen MR) is 96.3 cm³/mol. The summed E-state index contributed by atoms with van der Waals surface area (Å²) in [5.41, 5.74) is -1.61. The quantitative estimate of drug-likeness (QED) is 0.181. The van der Waals surface area contributed by atoms with Gasteiger partial charge in [-0.3, -0.25) is 33.5 Å². The number of amides is 1. The van der Waals surface area contributed by atoms with E-state index in [-0.39, 0.29) is 0 Å². The minimum Gasteiger partial charge on any atom is -0.481 e. The topological polar surface area (TPSA) is 230 Å². The fourth-order valence-electron chi connectivity index (χ4n) is 2.65. The maximum absolute atomic E-state index is 12.1. The Labute approximate surface area is 167 Å². The lowest BCUT2D eigenvalue weighted by Gasteiger charge is -2.20. The van der Waals surface area contributed by atoms with E-state index in [1.165, 1.54) is 7.05 Å². The first kappa shape index (κ1) is 23.9. The molecule has 1 aliphatic rings. The second-order valence-corrected chi connectivity index (χ2v) is 7.82. The highest BCUT2D eigenvalue weighted by Gasteiger charge is 2.45. The Morgan fingerprint density at radius 1 is 1.37 bits per heavy atom. The van der Waals surface area contributed by atoms with Gasteiger partial charge in [0.1, 0.15) is 18.3 Å². The van der Waals surface area contributed by atoms with Gasteiger partial charge in [0.25, 0.3) is 5.56 Å². The molecule has 2 rings (SSSR count). The van der Waals surface area contributed by atoms with Crippen molar-refractivity contribution < 1.29 is 43.6 Å². The van der Waals surface area contributed by atoms with E-state index < -0.39 is 74.5 Å². The smallest absolute Gasteiger partial charge is 0.432 e. The van der Waals surface area contributed by atoms with Gasteiger partial charge >= 0.3 is 19.4 Å². The Bertz CT molecular complexity index is 946. The first-order valence-electron chi connectivity index (χ1n) is 8.46. The third-order valence-corrected chi connectivity index (χ3v) is 5.17. The van der Waals surface area contributed by atoms with Gasteiger partial charge in [0.2, 0.25) is 5.91 Å². The zero-order chi connectivity index (χ0) is 22.6. The standard InChI is InChI=1S/C14H21N4O11P/c1-15-6(4-9(20)21)12(24)17-30(26,27)28-5-7-10(22)11(23)13(29-7)18-3-2-8(19)16-14(18)25/h2-3,6-7,10-11,13,15,22-23H,4-5H2,1H3,(H,20,21)(H,16,19,25)(H2,17,24,26,27)/t6-,7+,10+,11+,13+/m0/s1. The predicted octanol–water partition coefficient (Wildman–Crippen LogP) is -3.55. The average Bonchev–Trinajstić information content (AvgIpc) is 2.92. The van der Waals surface area contributed by atoms with Crippen LogP contribution >= 0.6 is 7.75 Å². The van der Waals surface area contributed by atoms with Crippen molar-refractivity contribution >= 4 is 19.6 Å².